The summed E-state index contributed by atoms with van der Waals surface area (Å²) in [7, 11) is -1.23. The number of aryl methyl sites for hydroxylation is 2. The van der Waals surface area contributed by atoms with Gasteiger partial charge in [0.2, 0.25) is 0 Å². The number of benzene rings is 2. The summed E-state index contributed by atoms with van der Waals surface area (Å²) in [5.41, 5.74) is 2.88. The topological polar surface area (TPSA) is 57.5 Å². The van der Waals surface area contributed by atoms with Crippen LogP contribution in [-0.2, 0) is 10.8 Å². The molecule has 0 fully saturated rings. The molecule has 2 N–H and O–H groups in total. The van der Waals surface area contributed by atoms with Crippen LogP contribution >= 0.6 is 0 Å². The normalized spacial score (nSPS) is 13.4. The first kappa shape index (κ1) is 11.3. The van der Waals surface area contributed by atoms with Gasteiger partial charge in [-0.15, -0.1) is 0 Å². The molecule has 2 aromatic rings. The number of phenols is 2. The van der Waals surface area contributed by atoms with Crippen molar-refractivity contribution in [3.05, 3.63) is 35.4 Å². The van der Waals surface area contributed by atoms with Crippen LogP contribution in [0, 0.1) is 13.8 Å². The van der Waals surface area contributed by atoms with E-state index < -0.39 is 10.8 Å². The molecule has 0 amide bonds. The lowest BCUT2D eigenvalue weighted by Crippen LogP contribution is -1.88. The molecule has 3 rings (SSSR count). The molecule has 18 heavy (non-hydrogen) atoms. The molecule has 1 aliphatic rings. The third-order valence-corrected chi connectivity index (χ3v) is 4.76. The molecular weight excluding hydrogens is 248 g/mol. The van der Waals surface area contributed by atoms with E-state index in [-0.39, 0.29) is 11.5 Å². The smallest absolute Gasteiger partial charge is 0.119 e. The Morgan fingerprint density at radius 1 is 0.833 bits per heavy atom. The van der Waals surface area contributed by atoms with Crippen molar-refractivity contribution in [1.29, 1.82) is 0 Å². The first-order valence-corrected chi connectivity index (χ1v) is 6.73. The highest BCUT2D eigenvalue weighted by Gasteiger charge is 2.27. The lowest BCUT2D eigenvalue weighted by atomic mass is 10.0. The fourth-order valence-electron chi connectivity index (χ4n) is 2.19. The Hall–Kier alpha value is -1.81. The molecule has 0 radical (unpaired) electrons. The van der Waals surface area contributed by atoms with Crippen LogP contribution in [0.2, 0.25) is 0 Å². The van der Waals surface area contributed by atoms with Crippen LogP contribution in [-0.4, -0.2) is 14.4 Å². The van der Waals surface area contributed by atoms with Crippen molar-refractivity contribution in [3.8, 4) is 22.6 Å². The third-order valence-electron chi connectivity index (χ3n) is 3.29. The van der Waals surface area contributed by atoms with Gasteiger partial charge in [0.25, 0.3) is 0 Å². The van der Waals surface area contributed by atoms with Crippen LogP contribution in [0.3, 0.4) is 0 Å². The molecule has 0 saturated carbocycles. The van der Waals surface area contributed by atoms with Crippen LogP contribution in [0.15, 0.2) is 34.1 Å². The van der Waals surface area contributed by atoms with Gasteiger partial charge in [0.15, 0.2) is 0 Å². The minimum absolute atomic E-state index is 0.179. The highest BCUT2D eigenvalue weighted by molar-refractivity contribution is 7.85. The van der Waals surface area contributed by atoms with Crippen LogP contribution in [0.1, 0.15) is 11.1 Å². The summed E-state index contributed by atoms with van der Waals surface area (Å²) in [5, 5.41) is 19.5. The fourth-order valence-corrected chi connectivity index (χ4v) is 3.73. The average molecular weight is 260 g/mol. The van der Waals surface area contributed by atoms with Gasteiger partial charge in [-0.2, -0.15) is 0 Å². The van der Waals surface area contributed by atoms with E-state index in [0.29, 0.717) is 20.9 Å². The van der Waals surface area contributed by atoms with E-state index in [1.165, 1.54) is 0 Å². The summed E-state index contributed by atoms with van der Waals surface area (Å²) < 4.78 is 12.4. The monoisotopic (exact) mass is 260 g/mol. The van der Waals surface area contributed by atoms with Crippen LogP contribution in [0.25, 0.3) is 11.1 Å². The van der Waals surface area contributed by atoms with Gasteiger partial charge in [0.1, 0.15) is 11.5 Å². The predicted octanol–water partition coefficient (Wildman–Crippen LogP) is 2.86. The van der Waals surface area contributed by atoms with E-state index in [2.05, 4.69) is 0 Å². The van der Waals surface area contributed by atoms with Crippen molar-refractivity contribution in [2.45, 2.75) is 23.6 Å². The molecular formula is C14H12O3S. The second-order valence-electron chi connectivity index (χ2n) is 4.54. The Bertz CT molecular complexity index is 645. The second kappa shape index (κ2) is 3.59. The molecule has 0 aliphatic carbocycles. The highest BCUT2D eigenvalue weighted by Crippen LogP contribution is 2.45. The molecule has 2 aromatic carbocycles. The number of aromatic hydroxyl groups is 2. The van der Waals surface area contributed by atoms with Gasteiger partial charge in [-0.3, -0.25) is 0 Å². The third kappa shape index (κ3) is 1.39. The molecule has 3 nitrogen and oxygen atoms in total. The molecule has 0 saturated heterocycles. The standard InChI is InChI=1S/C14H12O3S/c1-7-3-13-9(5-11(7)15)10-6-12(16)8(2)4-14(10)18(13)17/h3-6,15-16H,1-2H3. The largest absolute Gasteiger partial charge is 0.508 e. The second-order valence-corrected chi connectivity index (χ2v) is 5.96. The summed E-state index contributed by atoms with van der Waals surface area (Å²) in [6, 6.07) is 6.71. The highest BCUT2D eigenvalue weighted by atomic mass is 32.2. The van der Waals surface area contributed by atoms with E-state index in [0.717, 1.165) is 11.1 Å². The first-order chi connectivity index (χ1) is 8.49. The van der Waals surface area contributed by atoms with Crippen molar-refractivity contribution in [1.82, 2.24) is 0 Å². The summed E-state index contributed by atoms with van der Waals surface area (Å²) >= 11 is 0. The molecule has 0 atom stereocenters. The molecule has 1 heterocycles. The number of rotatable bonds is 0. The van der Waals surface area contributed by atoms with Gasteiger partial charge in [0.05, 0.1) is 20.6 Å². The van der Waals surface area contributed by atoms with Gasteiger partial charge in [-0.25, -0.2) is 4.21 Å². The van der Waals surface area contributed by atoms with Gasteiger partial charge in [-0.1, -0.05) is 0 Å². The van der Waals surface area contributed by atoms with Crippen molar-refractivity contribution < 1.29 is 14.4 Å². The van der Waals surface area contributed by atoms with Crippen molar-refractivity contribution in [2.24, 2.45) is 0 Å². The van der Waals surface area contributed by atoms with Crippen molar-refractivity contribution >= 4 is 10.8 Å². The van der Waals surface area contributed by atoms with E-state index in [4.69, 9.17) is 0 Å². The maximum atomic E-state index is 12.4. The SMILES string of the molecule is Cc1cc2c(cc1O)-c1cc(O)c(C)cc1S2=O. The summed E-state index contributed by atoms with van der Waals surface area (Å²) in [6.45, 7) is 3.55. The lowest BCUT2D eigenvalue weighted by Gasteiger charge is -2.04. The zero-order valence-corrected chi connectivity index (χ0v) is 10.8. The zero-order valence-electron chi connectivity index (χ0n) is 10.0. The quantitative estimate of drug-likeness (QED) is 0.653. The summed E-state index contributed by atoms with van der Waals surface area (Å²) in [4.78, 5) is 1.40. The number of hydrogen-bond acceptors (Lipinski definition) is 3. The molecule has 1 aliphatic heterocycles. The van der Waals surface area contributed by atoms with Gasteiger partial charge in [-0.05, 0) is 49.2 Å². The molecule has 0 aromatic heterocycles. The number of hydrogen-bond donors (Lipinski definition) is 2. The van der Waals surface area contributed by atoms with Crippen molar-refractivity contribution in [3.63, 3.8) is 0 Å². The molecule has 0 bridgehead atoms. The Balaban J connectivity index is 2.37. The zero-order chi connectivity index (χ0) is 13.0. The average Bonchev–Trinajstić information content (AvgIpc) is 2.56. The van der Waals surface area contributed by atoms with Gasteiger partial charge >= 0.3 is 0 Å². The van der Waals surface area contributed by atoms with Crippen LogP contribution < -0.4 is 0 Å². The molecule has 92 valence electrons. The van der Waals surface area contributed by atoms with Crippen LogP contribution in [0.5, 0.6) is 11.5 Å². The van der Waals surface area contributed by atoms with E-state index in [1.807, 2.05) is 0 Å². The number of fused-ring (bicyclic) bond motifs is 3. The first-order valence-electron chi connectivity index (χ1n) is 5.58. The Morgan fingerprint density at radius 3 is 1.61 bits per heavy atom. The van der Waals surface area contributed by atoms with Gasteiger partial charge < -0.3 is 10.2 Å². The molecule has 4 heteroatoms. The van der Waals surface area contributed by atoms with E-state index >= 15 is 0 Å². The molecule has 0 spiro atoms. The summed E-state index contributed by atoms with van der Waals surface area (Å²) in [6.07, 6.45) is 0. The summed E-state index contributed by atoms with van der Waals surface area (Å²) in [5.74, 6) is 0.359. The maximum absolute atomic E-state index is 12.4. The fraction of sp³-hybridized carbons (Fsp3) is 0.143. The Morgan fingerprint density at radius 2 is 1.22 bits per heavy atom. The van der Waals surface area contributed by atoms with Crippen molar-refractivity contribution in [2.75, 3.05) is 0 Å². The van der Waals surface area contributed by atoms with E-state index in [1.54, 1.807) is 38.1 Å². The van der Waals surface area contributed by atoms with Crippen LogP contribution in [0.4, 0.5) is 0 Å². The minimum Gasteiger partial charge on any atom is -0.508 e. The maximum Gasteiger partial charge on any atom is 0.119 e. The predicted molar refractivity (Wildman–Crippen MR) is 69.4 cm³/mol. The lowest BCUT2D eigenvalue weighted by molar-refractivity contribution is 0.469. The Kier molecular flexibility index (Phi) is 2.25. The van der Waals surface area contributed by atoms with Gasteiger partial charge in [0, 0.05) is 11.1 Å². The number of phenolic OH excluding ortho intramolecular Hbond substituents is 2. The Labute approximate surface area is 107 Å². The molecule has 0 unspecified atom stereocenters. The minimum atomic E-state index is -1.23. The van der Waals surface area contributed by atoms with E-state index in [9.17, 15) is 14.4 Å².